The van der Waals surface area contributed by atoms with E-state index >= 15 is 0 Å². The maximum Gasteiger partial charge on any atom is 0.221 e. The standard InChI is InChI=1S/C21H26ClN3O/c22-19-7-4-8-20(17-19)25-15-13-24(14-16-25)12-10-21(26)23-11-9-18-5-2-1-3-6-18/h1-8,17H,9-16H2,(H,23,26). The molecule has 1 fully saturated rings. The van der Waals surface area contributed by atoms with Crippen LogP contribution in [-0.4, -0.2) is 50.1 Å². The molecule has 1 saturated heterocycles. The molecule has 4 nitrogen and oxygen atoms in total. The lowest BCUT2D eigenvalue weighted by Crippen LogP contribution is -2.47. The molecule has 0 radical (unpaired) electrons. The van der Waals surface area contributed by atoms with E-state index in [0.717, 1.165) is 44.2 Å². The minimum absolute atomic E-state index is 0.137. The molecule has 0 aliphatic carbocycles. The van der Waals surface area contributed by atoms with E-state index in [2.05, 4.69) is 33.3 Å². The summed E-state index contributed by atoms with van der Waals surface area (Å²) in [6, 6.07) is 18.2. The molecule has 1 heterocycles. The fraction of sp³-hybridized carbons (Fsp3) is 0.381. The number of carbonyl (C=O) groups is 1. The number of nitrogens with one attached hydrogen (secondary N) is 1. The topological polar surface area (TPSA) is 35.6 Å². The van der Waals surface area contributed by atoms with Gasteiger partial charge in [-0.25, -0.2) is 0 Å². The molecule has 0 bridgehead atoms. The molecule has 138 valence electrons. The number of nitrogens with zero attached hydrogens (tertiary/aromatic N) is 2. The zero-order chi connectivity index (χ0) is 18.2. The molecule has 2 aromatic carbocycles. The van der Waals surface area contributed by atoms with E-state index in [1.165, 1.54) is 11.3 Å². The predicted molar refractivity (Wildman–Crippen MR) is 108 cm³/mol. The Bertz CT molecular complexity index is 699. The van der Waals surface area contributed by atoms with Crippen LogP contribution in [0.3, 0.4) is 0 Å². The minimum Gasteiger partial charge on any atom is -0.369 e. The van der Waals surface area contributed by atoms with Crippen molar-refractivity contribution in [1.82, 2.24) is 10.2 Å². The van der Waals surface area contributed by atoms with Gasteiger partial charge in [-0.1, -0.05) is 48.0 Å². The van der Waals surface area contributed by atoms with Gasteiger partial charge in [0.1, 0.15) is 0 Å². The summed E-state index contributed by atoms with van der Waals surface area (Å²) < 4.78 is 0. The van der Waals surface area contributed by atoms with E-state index in [4.69, 9.17) is 11.6 Å². The van der Waals surface area contributed by atoms with Gasteiger partial charge in [-0.05, 0) is 30.2 Å². The van der Waals surface area contributed by atoms with E-state index < -0.39 is 0 Å². The molecule has 0 saturated carbocycles. The van der Waals surface area contributed by atoms with Crippen molar-refractivity contribution in [2.45, 2.75) is 12.8 Å². The lowest BCUT2D eigenvalue weighted by Gasteiger charge is -2.36. The second-order valence-corrected chi connectivity index (χ2v) is 7.08. The molecule has 1 amide bonds. The second-order valence-electron chi connectivity index (χ2n) is 6.64. The molecule has 0 spiro atoms. The van der Waals surface area contributed by atoms with Crippen molar-refractivity contribution >= 4 is 23.2 Å². The van der Waals surface area contributed by atoms with E-state index in [9.17, 15) is 4.79 Å². The Labute approximate surface area is 160 Å². The summed E-state index contributed by atoms with van der Waals surface area (Å²) in [7, 11) is 0. The van der Waals surface area contributed by atoms with E-state index in [-0.39, 0.29) is 5.91 Å². The van der Waals surface area contributed by atoms with Gasteiger partial charge in [0.25, 0.3) is 0 Å². The fourth-order valence-corrected chi connectivity index (χ4v) is 3.43. The molecule has 0 unspecified atom stereocenters. The van der Waals surface area contributed by atoms with Crippen LogP contribution >= 0.6 is 11.6 Å². The zero-order valence-corrected chi connectivity index (χ0v) is 15.8. The molecule has 0 aromatic heterocycles. The molecular weight excluding hydrogens is 346 g/mol. The Kier molecular flexibility index (Phi) is 6.92. The lowest BCUT2D eigenvalue weighted by atomic mass is 10.1. The van der Waals surface area contributed by atoms with Gasteiger partial charge in [-0.15, -0.1) is 0 Å². The van der Waals surface area contributed by atoms with Crippen LogP contribution in [0.15, 0.2) is 54.6 Å². The van der Waals surface area contributed by atoms with Gasteiger partial charge in [-0.3, -0.25) is 9.69 Å². The second kappa shape index (κ2) is 9.60. The van der Waals surface area contributed by atoms with Crippen LogP contribution in [0, 0.1) is 0 Å². The monoisotopic (exact) mass is 371 g/mol. The number of piperazine rings is 1. The van der Waals surface area contributed by atoms with Crippen LogP contribution in [0.1, 0.15) is 12.0 Å². The first-order chi connectivity index (χ1) is 12.7. The number of benzene rings is 2. The maximum absolute atomic E-state index is 12.0. The van der Waals surface area contributed by atoms with Crippen LogP contribution < -0.4 is 10.2 Å². The molecule has 5 heteroatoms. The molecule has 26 heavy (non-hydrogen) atoms. The first kappa shape index (κ1) is 18.7. The van der Waals surface area contributed by atoms with Crippen LogP contribution in [0.5, 0.6) is 0 Å². The molecule has 3 rings (SSSR count). The van der Waals surface area contributed by atoms with Gasteiger partial charge >= 0.3 is 0 Å². The highest BCUT2D eigenvalue weighted by atomic mass is 35.5. The largest absolute Gasteiger partial charge is 0.369 e. The predicted octanol–water partition coefficient (Wildman–Crippen LogP) is 3.21. The summed E-state index contributed by atoms with van der Waals surface area (Å²) in [6.45, 7) is 5.41. The Hall–Kier alpha value is -2.04. The Balaban J connectivity index is 1.32. The summed E-state index contributed by atoms with van der Waals surface area (Å²) in [5.74, 6) is 0.137. The summed E-state index contributed by atoms with van der Waals surface area (Å²) >= 11 is 6.08. The van der Waals surface area contributed by atoms with E-state index in [0.29, 0.717) is 13.0 Å². The van der Waals surface area contributed by atoms with Gasteiger partial charge in [-0.2, -0.15) is 0 Å². The zero-order valence-electron chi connectivity index (χ0n) is 15.0. The molecular formula is C21H26ClN3O. The number of amides is 1. The van der Waals surface area contributed by atoms with Gasteiger partial charge in [0.05, 0.1) is 0 Å². The fourth-order valence-electron chi connectivity index (χ4n) is 3.24. The van der Waals surface area contributed by atoms with Crippen molar-refractivity contribution in [2.24, 2.45) is 0 Å². The van der Waals surface area contributed by atoms with Crippen molar-refractivity contribution in [3.63, 3.8) is 0 Å². The summed E-state index contributed by atoms with van der Waals surface area (Å²) in [5, 5.41) is 3.80. The lowest BCUT2D eigenvalue weighted by molar-refractivity contribution is -0.121. The minimum atomic E-state index is 0.137. The average Bonchev–Trinajstić information content (AvgIpc) is 2.68. The summed E-state index contributed by atoms with van der Waals surface area (Å²) in [4.78, 5) is 16.7. The third-order valence-electron chi connectivity index (χ3n) is 4.78. The number of hydrogen-bond donors (Lipinski definition) is 1. The molecule has 1 N–H and O–H groups in total. The maximum atomic E-state index is 12.0. The SMILES string of the molecule is O=C(CCN1CCN(c2cccc(Cl)c2)CC1)NCCc1ccccc1. The van der Waals surface area contributed by atoms with Crippen LogP contribution in [0.4, 0.5) is 5.69 Å². The molecule has 1 aliphatic heterocycles. The van der Waals surface area contributed by atoms with Crippen molar-refractivity contribution in [2.75, 3.05) is 44.2 Å². The highest BCUT2D eigenvalue weighted by Crippen LogP contribution is 2.20. The van der Waals surface area contributed by atoms with Crippen molar-refractivity contribution < 1.29 is 4.79 Å². The third kappa shape index (κ3) is 5.75. The number of rotatable bonds is 7. The number of anilines is 1. The van der Waals surface area contributed by atoms with Gasteiger partial charge in [0, 0.05) is 56.4 Å². The van der Waals surface area contributed by atoms with Crippen molar-refractivity contribution in [1.29, 1.82) is 0 Å². The third-order valence-corrected chi connectivity index (χ3v) is 5.01. The average molecular weight is 372 g/mol. The number of hydrogen-bond acceptors (Lipinski definition) is 3. The van der Waals surface area contributed by atoms with Crippen LogP contribution in [0.2, 0.25) is 5.02 Å². The smallest absolute Gasteiger partial charge is 0.221 e. The molecule has 0 atom stereocenters. The van der Waals surface area contributed by atoms with E-state index in [1.54, 1.807) is 0 Å². The van der Waals surface area contributed by atoms with Gasteiger partial charge in [0.2, 0.25) is 5.91 Å². The highest BCUT2D eigenvalue weighted by molar-refractivity contribution is 6.30. The van der Waals surface area contributed by atoms with Gasteiger partial charge < -0.3 is 10.2 Å². The van der Waals surface area contributed by atoms with Gasteiger partial charge in [0.15, 0.2) is 0 Å². The Morgan fingerprint density at radius 3 is 2.50 bits per heavy atom. The Morgan fingerprint density at radius 2 is 1.77 bits per heavy atom. The first-order valence-electron chi connectivity index (χ1n) is 9.24. The first-order valence-corrected chi connectivity index (χ1v) is 9.62. The number of halogens is 1. The van der Waals surface area contributed by atoms with Crippen LogP contribution in [0.25, 0.3) is 0 Å². The van der Waals surface area contributed by atoms with Crippen molar-refractivity contribution in [3.05, 3.63) is 65.2 Å². The highest BCUT2D eigenvalue weighted by Gasteiger charge is 2.17. The quantitative estimate of drug-likeness (QED) is 0.811. The van der Waals surface area contributed by atoms with Crippen LogP contribution in [-0.2, 0) is 11.2 Å². The molecule has 2 aromatic rings. The van der Waals surface area contributed by atoms with E-state index in [1.807, 2.05) is 36.4 Å². The number of carbonyl (C=O) groups excluding carboxylic acids is 1. The Morgan fingerprint density at radius 1 is 1.00 bits per heavy atom. The molecule has 1 aliphatic rings. The normalized spacial score (nSPS) is 15.0. The summed E-state index contributed by atoms with van der Waals surface area (Å²) in [5.41, 5.74) is 2.43. The summed E-state index contributed by atoms with van der Waals surface area (Å²) in [6.07, 6.45) is 1.44. The van der Waals surface area contributed by atoms with Crippen molar-refractivity contribution in [3.8, 4) is 0 Å².